The maximum atomic E-state index is 12.4. The molecule has 2 aromatic carbocycles. The van der Waals surface area contributed by atoms with Crippen LogP contribution in [0.4, 0.5) is 0 Å². The molecular formula is C19H21N3O2. The van der Waals surface area contributed by atoms with Crippen molar-refractivity contribution in [3.8, 4) is 17.1 Å². The van der Waals surface area contributed by atoms with Crippen molar-refractivity contribution in [2.24, 2.45) is 0 Å². The Balaban J connectivity index is 2.08. The highest BCUT2D eigenvalue weighted by atomic mass is 16.5. The summed E-state index contributed by atoms with van der Waals surface area (Å²) in [4.78, 5) is 20.3. The van der Waals surface area contributed by atoms with Gasteiger partial charge in [0.25, 0.3) is 5.91 Å². The summed E-state index contributed by atoms with van der Waals surface area (Å²) in [5.41, 5.74) is 2.94. The van der Waals surface area contributed by atoms with E-state index in [0.29, 0.717) is 23.5 Å². The Labute approximate surface area is 141 Å². The Kier molecular flexibility index (Phi) is 4.51. The Morgan fingerprint density at radius 2 is 2.00 bits per heavy atom. The Morgan fingerprint density at radius 1 is 1.21 bits per heavy atom. The zero-order chi connectivity index (χ0) is 17.1. The molecule has 0 saturated carbocycles. The lowest BCUT2D eigenvalue weighted by Gasteiger charge is -2.08. The zero-order valence-corrected chi connectivity index (χ0v) is 14.1. The normalized spacial score (nSPS) is 11.0. The summed E-state index contributed by atoms with van der Waals surface area (Å²) in [5.74, 6) is 1.35. The molecule has 0 fully saturated rings. The Bertz CT molecular complexity index is 868. The third kappa shape index (κ3) is 3.11. The summed E-state index contributed by atoms with van der Waals surface area (Å²) in [5, 5.41) is 2.91. The summed E-state index contributed by atoms with van der Waals surface area (Å²) in [6, 6.07) is 13.4. The molecule has 24 heavy (non-hydrogen) atoms. The highest BCUT2D eigenvalue weighted by molar-refractivity contribution is 6.05. The summed E-state index contributed by atoms with van der Waals surface area (Å²) in [6.07, 6.45) is 0. The number of nitrogens with zero attached hydrogens (tertiary/aromatic N) is 1. The average molecular weight is 323 g/mol. The van der Waals surface area contributed by atoms with Crippen molar-refractivity contribution < 1.29 is 9.53 Å². The molecule has 0 saturated heterocycles. The van der Waals surface area contributed by atoms with Crippen LogP contribution < -0.4 is 10.1 Å². The van der Waals surface area contributed by atoms with Crippen LogP contribution in [0.15, 0.2) is 42.5 Å². The summed E-state index contributed by atoms with van der Waals surface area (Å²) < 4.78 is 5.68. The van der Waals surface area contributed by atoms with Gasteiger partial charge in [-0.25, -0.2) is 4.98 Å². The fourth-order valence-electron chi connectivity index (χ4n) is 2.63. The lowest BCUT2D eigenvalue weighted by atomic mass is 10.1. The third-order valence-corrected chi connectivity index (χ3v) is 3.62. The van der Waals surface area contributed by atoms with Crippen molar-refractivity contribution in [1.82, 2.24) is 15.3 Å². The second-order valence-electron chi connectivity index (χ2n) is 5.84. The molecule has 2 N–H and O–H groups in total. The molecule has 0 radical (unpaired) electrons. The second kappa shape index (κ2) is 6.74. The van der Waals surface area contributed by atoms with Crippen LogP contribution >= 0.6 is 0 Å². The molecule has 5 heteroatoms. The SMILES string of the molecule is CCOc1ccccc1-c1nc2c(C(=O)NC(C)C)cccc2[nH]1. The number of carbonyl (C=O) groups is 1. The first-order valence-corrected chi connectivity index (χ1v) is 8.12. The molecular weight excluding hydrogens is 302 g/mol. The molecule has 1 heterocycles. The lowest BCUT2D eigenvalue weighted by Crippen LogP contribution is -2.30. The van der Waals surface area contributed by atoms with Gasteiger partial charge in [0.05, 0.1) is 23.3 Å². The number of amides is 1. The molecule has 0 spiro atoms. The number of hydrogen-bond acceptors (Lipinski definition) is 3. The molecule has 5 nitrogen and oxygen atoms in total. The number of hydrogen-bond donors (Lipinski definition) is 2. The van der Waals surface area contributed by atoms with Crippen LogP contribution in [0.25, 0.3) is 22.4 Å². The van der Waals surface area contributed by atoms with Crippen molar-refractivity contribution in [1.29, 1.82) is 0 Å². The number of H-pyrrole nitrogens is 1. The molecule has 0 unspecified atom stereocenters. The number of aromatic nitrogens is 2. The van der Waals surface area contributed by atoms with E-state index < -0.39 is 0 Å². The largest absolute Gasteiger partial charge is 0.493 e. The number of nitrogens with one attached hydrogen (secondary N) is 2. The first kappa shape index (κ1) is 16.1. The smallest absolute Gasteiger partial charge is 0.253 e. The van der Waals surface area contributed by atoms with Crippen LogP contribution in [0, 0.1) is 0 Å². The quantitative estimate of drug-likeness (QED) is 0.751. The third-order valence-electron chi connectivity index (χ3n) is 3.62. The highest BCUT2D eigenvalue weighted by Gasteiger charge is 2.16. The van der Waals surface area contributed by atoms with E-state index in [2.05, 4.69) is 15.3 Å². The van der Waals surface area contributed by atoms with Gasteiger partial charge in [0.15, 0.2) is 0 Å². The first-order valence-electron chi connectivity index (χ1n) is 8.12. The van der Waals surface area contributed by atoms with E-state index in [0.717, 1.165) is 16.8 Å². The number of rotatable bonds is 5. The van der Waals surface area contributed by atoms with Crippen LogP contribution in [0.5, 0.6) is 5.75 Å². The van der Waals surface area contributed by atoms with E-state index >= 15 is 0 Å². The molecule has 0 bridgehead atoms. The van der Waals surface area contributed by atoms with Gasteiger partial charge >= 0.3 is 0 Å². The Morgan fingerprint density at radius 3 is 2.75 bits per heavy atom. The number of carbonyl (C=O) groups excluding carboxylic acids is 1. The van der Waals surface area contributed by atoms with Crippen LogP contribution in [0.1, 0.15) is 31.1 Å². The number of imidazole rings is 1. The van der Waals surface area contributed by atoms with Gasteiger partial charge in [0.2, 0.25) is 0 Å². The van der Waals surface area contributed by atoms with Crippen molar-refractivity contribution in [3.63, 3.8) is 0 Å². The van der Waals surface area contributed by atoms with Gasteiger partial charge in [0.1, 0.15) is 17.1 Å². The molecule has 1 amide bonds. The van der Waals surface area contributed by atoms with Crippen LogP contribution in [-0.2, 0) is 0 Å². The number of aromatic amines is 1. The molecule has 3 aromatic rings. The number of fused-ring (bicyclic) bond motifs is 1. The zero-order valence-electron chi connectivity index (χ0n) is 14.1. The van der Waals surface area contributed by atoms with Crippen LogP contribution in [-0.4, -0.2) is 28.5 Å². The molecule has 0 atom stereocenters. The van der Waals surface area contributed by atoms with Gasteiger partial charge in [0, 0.05) is 6.04 Å². The van der Waals surface area contributed by atoms with E-state index in [1.807, 2.05) is 57.2 Å². The predicted molar refractivity (Wildman–Crippen MR) is 95.3 cm³/mol. The van der Waals surface area contributed by atoms with Crippen LogP contribution in [0.2, 0.25) is 0 Å². The minimum Gasteiger partial charge on any atom is -0.493 e. The van der Waals surface area contributed by atoms with Gasteiger partial charge in [-0.15, -0.1) is 0 Å². The van der Waals surface area contributed by atoms with E-state index in [4.69, 9.17) is 4.74 Å². The molecule has 124 valence electrons. The summed E-state index contributed by atoms with van der Waals surface area (Å²) in [7, 11) is 0. The Hall–Kier alpha value is -2.82. The van der Waals surface area contributed by atoms with Crippen molar-refractivity contribution in [3.05, 3.63) is 48.0 Å². The topological polar surface area (TPSA) is 67.0 Å². The van der Waals surface area contributed by atoms with E-state index in [1.54, 1.807) is 6.07 Å². The lowest BCUT2D eigenvalue weighted by molar-refractivity contribution is 0.0944. The predicted octanol–water partition coefficient (Wildman–Crippen LogP) is 3.77. The van der Waals surface area contributed by atoms with Crippen molar-refractivity contribution in [2.45, 2.75) is 26.8 Å². The number of benzene rings is 2. The molecule has 0 aliphatic heterocycles. The number of para-hydroxylation sites is 2. The molecule has 3 rings (SSSR count). The van der Waals surface area contributed by atoms with Gasteiger partial charge in [-0.05, 0) is 45.0 Å². The second-order valence-corrected chi connectivity index (χ2v) is 5.84. The molecule has 0 aliphatic rings. The van der Waals surface area contributed by atoms with E-state index in [-0.39, 0.29) is 11.9 Å². The average Bonchev–Trinajstić information content (AvgIpc) is 2.98. The maximum Gasteiger partial charge on any atom is 0.253 e. The standard InChI is InChI=1S/C19H21N3O2/c1-4-24-16-11-6-5-8-13(16)18-21-15-10-7-9-14(17(15)22-18)19(23)20-12(2)3/h5-12H,4H2,1-3H3,(H,20,23)(H,21,22). The first-order chi connectivity index (χ1) is 11.6. The summed E-state index contributed by atoms with van der Waals surface area (Å²) >= 11 is 0. The van der Waals surface area contributed by atoms with Crippen molar-refractivity contribution in [2.75, 3.05) is 6.61 Å². The fraction of sp³-hybridized carbons (Fsp3) is 0.263. The van der Waals surface area contributed by atoms with Gasteiger partial charge < -0.3 is 15.0 Å². The molecule has 1 aromatic heterocycles. The monoisotopic (exact) mass is 323 g/mol. The van der Waals surface area contributed by atoms with Gasteiger partial charge in [-0.3, -0.25) is 4.79 Å². The minimum absolute atomic E-state index is 0.0739. The van der Waals surface area contributed by atoms with Gasteiger partial charge in [-0.2, -0.15) is 0 Å². The minimum atomic E-state index is -0.119. The number of ether oxygens (including phenoxy) is 1. The summed E-state index contributed by atoms with van der Waals surface area (Å²) in [6.45, 7) is 6.40. The van der Waals surface area contributed by atoms with E-state index in [9.17, 15) is 4.79 Å². The highest BCUT2D eigenvalue weighted by Crippen LogP contribution is 2.30. The van der Waals surface area contributed by atoms with Crippen LogP contribution in [0.3, 0.4) is 0 Å². The van der Waals surface area contributed by atoms with Crippen molar-refractivity contribution >= 4 is 16.9 Å². The van der Waals surface area contributed by atoms with Gasteiger partial charge in [-0.1, -0.05) is 18.2 Å². The molecule has 0 aliphatic carbocycles. The maximum absolute atomic E-state index is 12.4. The van der Waals surface area contributed by atoms with E-state index in [1.165, 1.54) is 0 Å². The fourth-order valence-corrected chi connectivity index (χ4v) is 2.63.